The van der Waals surface area contributed by atoms with Crippen LogP contribution in [0.25, 0.3) is 0 Å². The number of hydrogen-bond donors (Lipinski definition) is 0. The van der Waals surface area contributed by atoms with E-state index in [-0.39, 0.29) is 116 Å². The van der Waals surface area contributed by atoms with Crippen LogP contribution in [0.5, 0.6) is 57.5 Å². The summed E-state index contributed by atoms with van der Waals surface area (Å²) < 4.78 is 30.2. The van der Waals surface area contributed by atoms with Crippen molar-refractivity contribution in [3.05, 3.63) is 356 Å². The summed E-state index contributed by atoms with van der Waals surface area (Å²) >= 11 is 0. The standard InChI is InChI=1S/C26H27NO4.C25H23NO4.C25H25NO4.C24H21NO4.C24H23NO4/c1-5-26(3,4)17-10-12-18(13-11-17)31-22-8-6-7-19-23(22)25(30)27(24(19)29)20-14-9-16(2)15-21(20)28;1-15-9-12-20(21(27)13-15)26-24(28)19-7-4-8-22(23(19)25(26)29)30-18-11-10-16-5-2-3-6-17(16)14-18;1-15-11-12-19(20(27)13-15)26-23(28)18-9-6-10-21(22(18)24(26)29)30-17-8-5-7-16(14-17)25(2,3)4;1-14-8-11-19(20(26)12-14)25-23(27)18-6-3-7-21(22(18)24(25)28)29-17-10-9-15-4-2-5-16(15)13-17;1-14(2)16-8-10-17(11-9-16)29-21-6-4-5-18-22(21)24(28)25(23(18)27)19-12-7-15(3)13-20(19)26/h6-8,10-13,20H,2,5,9,14-15H2,1,3-4H3;4,7-8,10-11,14,20H,1-3,5-6,9,12-13H2;5-10,14,19H,1,11-13H2,2-4H3;3,6-7,9-10,13,19H,1-2,4-5,8,11-12H2;4-6,8-11,14,19H,3,7,12-13H2,1-2H3. The maximum atomic E-state index is 13.2. The minimum absolute atomic E-state index is 0.0497. The number of fused-ring (bicyclic) bond motifs is 7. The van der Waals surface area contributed by atoms with Crippen LogP contribution in [0.2, 0.25) is 0 Å². The van der Waals surface area contributed by atoms with Crippen LogP contribution in [-0.2, 0) is 60.5 Å². The fourth-order valence-corrected chi connectivity index (χ4v) is 21.5. The summed E-state index contributed by atoms with van der Waals surface area (Å²) in [7, 11) is 0. The summed E-state index contributed by atoms with van der Waals surface area (Å²) in [6, 6.07) is 56.6. The van der Waals surface area contributed by atoms with Crippen molar-refractivity contribution in [3.8, 4) is 57.5 Å². The number of carbonyl (C=O) groups is 15. The molecule has 5 heterocycles. The number of aryl methyl sites for hydroxylation is 4. The molecule has 760 valence electrons. The van der Waals surface area contributed by atoms with Gasteiger partial charge >= 0.3 is 0 Å². The van der Waals surface area contributed by atoms with Crippen LogP contribution >= 0.6 is 0 Å². The molecule has 149 heavy (non-hydrogen) atoms. The van der Waals surface area contributed by atoms with E-state index in [4.69, 9.17) is 23.7 Å². The Morgan fingerprint density at radius 3 is 0.812 bits per heavy atom. The second-order valence-corrected chi connectivity index (χ2v) is 42.2. The molecule has 5 aliphatic heterocycles. The molecule has 25 nitrogen and oxygen atoms in total. The fourth-order valence-electron chi connectivity index (χ4n) is 21.5. The number of allylic oxidation sites excluding steroid dienone is 5. The lowest BCUT2D eigenvalue weighted by Gasteiger charge is -2.29. The van der Waals surface area contributed by atoms with Gasteiger partial charge in [0.15, 0.2) is 28.9 Å². The zero-order valence-corrected chi connectivity index (χ0v) is 85.2. The minimum Gasteiger partial charge on any atom is -0.457 e. The van der Waals surface area contributed by atoms with E-state index in [0.29, 0.717) is 139 Å². The van der Waals surface area contributed by atoms with Crippen molar-refractivity contribution in [3.63, 3.8) is 0 Å². The number of benzene rings is 10. The third kappa shape index (κ3) is 20.8. The van der Waals surface area contributed by atoms with E-state index in [1.807, 2.05) is 97.1 Å². The van der Waals surface area contributed by atoms with E-state index in [1.165, 1.54) is 46.2 Å². The van der Waals surface area contributed by atoms with Crippen LogP contribution in [0.4, 0.5) is 0 Å². The molecule has 5 unspecified atom stereocenters. The third-order valence-corrected chi connectivity index (χ3v) is 30.2. The molecule has 12 aliphatic rings. The van der Waals surface area contributed by atoms with E-state index >= 15 is 0 Å². The summed E-state index contributed by atoms with van der Waals surface area (Å²) in [5.74, 6) is 0.0762. The molecule has 10 aromatic rings. The van der Waals surface area contributed by atoms with Gasteiger partial charge in [0, 0.05) is 32.1 Å². The van der Waals surface area contributed by atoms with E-state index in [0.717, 1.165) is 96.5 Å². The summed E-state index contributed by atoms with van der Waals surface area (Å²) in [6.45, 7) is 36.4. The van der Waals surface area contributed by atoms with Gasteiger partial charge in [-0.15, -0.1) is 0 Å². The maximum absolute atomic E-state index is 13.2. The molecule has 10 amide bonds. The van der Waals surface area contributed by atoms with Crippen molar-refractivity contribution in [2.75, 3.05) is 0 Å². The minimum atomic E-state index is -0.736. The van der Waals surface area contributed by atoms with E-state index in [2.05, 4.69) is 100 Å². The van der Waals surface area contributed by atoms with Crippen molar-refractivity contribution >= 4 is 88.0 Å². The summed E-state index contributed by atoms with van der Waals surface area (Å²) in [4.78, 5) is 199. The number of hydrogen-bond acceptors (Lipinski definition) is 20. The van der Waals surface area contributed by atoms with Crippen molar-refractivity contribution in [2.45, 2.75) is 250 Å². The SMILES string of the molecule is C=C1CCC(N2C(=O)c3cccc(Oc4ccc(C(C)(C)CC)cc4)c3C2=O)C(=O)C1.C=C1CCC(N2C(=O)c3cccc(Oc4ccc(C(C)C)cc4)c3C2=O)C(=O)C1.C=C1CCC(N2C(=O)c3cccc(Oc4ccc5c(c4)CCC5)c3C2=O)C(=O)C1.C=C1CCC(N2C(=O)c3cccc(Oc4ccc5c(c4)CCCC5)c3C2=O)C(=O)C1.C=C1CCC(N2C(=O)c3cccc(Oc4cccc(C(C)(C)C)c4)c3C2=O)C(=O)C1. The number of nitrogens with zero attached hydrogens (tertiary/aromatic N) is 5. The normalized spacial score (nSPS) is 19.8. The first-order valence-corrected chi connectivity index (χ1v) is 51.3. The average Bonchev–Trinajstić information content (AvgIpc) is 1.62. The van der Waals surface area contributed by atoms with Gasteiger partial charge in [0.05, 0.1) is 85.8 Å². The number of rotatable bonds is 18. The number of ketones is 5. The number of imide groups is 5. The highest BCUT2D eigenvalue weighted by Gasteiger charge is 2.52. The molecular weight excluding hydrogens is 1880 g/mol. The van der Waals surface area contributed by atoms with Gasteiger partial charge in [-0.2, -0.15) is 0 Å². The lowest BCUT2D eigenvalue weighted by atomic mass is 9.82. The molecular formula is C124H119N5O20. The van der Waals surface area contributed by atoms with Crippen molar-refractivity contribution in [2.24, 2.45) is 0 Å². The van der Waals surface area contributed by atoms with Crippen LogP contribution < -0.4 is 23.7 Å². The van der Waals surface area contributed by atoms with E-state index in [9.17, 15) is 71.9 Å². The highest BCUT2D eigenvalue weighted by atomic mass is 16.5. The van der Waals surface area contributed by atoms with Crippen molar-refractivity contribution < 1.29 is 95.6 Å². The molecule has 0 bridgehead atoms. The number of Topliss-reactive ketones (excluding diaryl/α,β-unsaturated/α-hetero) is 5. The van der Waals surface area contributed by atoms with Crippen molar-refractivity contribution in [1.82, 2.24) is 24.5 Å². The largest absolute Gasteiger partial charge is 0.457 e. The Bertz CT molecular complexity index is 7370. The highest BCUT2D eigenvalue weighted by molar-refractivity contribution is 6.28. The maximum Gasteiger partial charge on any atom is 0.266 e. The molecule has 25 heteroatoms. The second-order valence-electron chi connectivity index (χ2n) is 42.2. The number of amides is 10. The van der Waals surface area contributed by atoms with Gasteiger partial charge in [0.1, 0.15) is 57.5 Å². The number of carbonyl (C=O) groups excluding carboxylic acids is 15. The van der Waals surface area contributed by atoms with Gasteiger partial charge in [-0.1, -0.05) is 195 Å². The van der Waals surface area contributed by atoms with Gasteiger partial charge in [-0.25, -0.2) is 0 Å². The zero-order chi connectivity index (χ0) is 106. The Kier molecular flexibility index (Phi) is 29.3. The molecule has 5 fully saturated rings. The second kappa shape index (κ2) is 42.4. The zero-order valence-electron chi connectivity index (χ0n) is 85.2. The Morgan fingerprint density at radius 1 is 0.275 bits per heavy atom. The topological polar surface area (TPSA) is 318 Å². The molecule has 0 aromatic heterocycles. The van der Waals surface area contributed by atoms with Crippen LogP contribution in [0.1, 0.15) is 326 Å². The fraction of sp³-hybridized carbons (Fsp3) is 0.315. The number of ether oxygens (including phenoxy) is 5. The molecule has 5 saturated carbocycles. The Morgan fingerprint density at radius 2 is 0.530 bits per heavy atom. The van der Waals surface area contributed by atoms with Crippen LogP contribution in [0.3, 0.4) is 0 Å². The third-order valence-electron chi connectivity index (χ3n) is 30.2. The monoisotopic (exact) mass is 2000 g/mol. The smallest absolute Gasteiger partial charge is 0.266 e. The van der Waals surface area contributed by atoms with Crippen LogP contribution in [0, 0.1) is 0 Å². The predicted octanol–water partition coefficient (Wildman–Crippen LogP) is 24.2. The Labute approximate surface area is 866 Å². The molecule has 0 radical (unpaired) electrons. The van der Waals surface area contributed by atoms with Gasteiger partial charge in [-0.05, 0) is 293 Å². The Hall–Kier alpha value is -16.1. The Balaban J connectivity index is 0.000000122. The van der Waals surface area contributed by atoms with Gasteiger partial charge < -0.3 is 23.7 Å². The lowest BCUT2D eigenvalue weighted by Crippen LogP contribution is -2.46. The van der Waals surface area contributed by atoms with Crippen molar-refractivity contribution in [1.29, 1.82) is 0 Å². The quantitative estimate of drug-likeness (QED) is 0.0569. The molecule has 7 aliphatic carbocycles. The molecule has 0 spiro atoms. The summed E-state index contributed by atoms with van der Waals surface area (Å²) in [5.41, 5.74) is 15.6. The average molecular weight is 2000 g/mol. The molecule has 10 aromatic carbocycles. The predicted molar refractivity (Wildman–Crippen MR) is 561 cm³/mol. The van der Waals surface area contributed by atoms with Gasteiger partial charge in [0.25, 0.3) is 59.1 Å². The molecule has 0 saturated heterocycles. The first kappa shape index (κ1) is 103. The highest BCUT2D eigenvalue weighted by Crippen LogP contribution is 2.47. The van der Waals surface area contributed by atoms with Gasteiger partial charge in [0.2, 0.25) is 0 Å². The van der Waals surface area contributed by atoms with E-state index in [1.54, 1.807) is 91.0 Å². The van der Waals surface area contributed by atoms with Crippen LogP contribution in [0.15, 0.2) is 261 Å². The summed E-state index contributed by atoms with van der Waals surface area (Å²) in [6.07, 6.45) is 15.1. The first-order valence-electron chi connectivity index (χ1n) is 51.3. The molecule has 5 atom stereocenters. The van der Waals surface area contributed by atoms with Crippen LogP contribution in [-0.4, -0.2) is 143 Å². The van der Waals surface area contributed by atoms with E-state index < -0.39 is 89.3 Å². The molecule has 0 N–H and O–H groups in total. The lowest BCUT2D eigenvalue weighted by molar-refractivity contribution is -0.123. The first-order chi connectivity index (χ1) is 71.3. The molecule has 22 rings (SSSR count). The van der Waals surface area contributed by atoms with Gasteiger partial charge in [-0.3, -0.25) is 96.4 Å². The summed E-state index contributed by atoms with van der Waals surface area (Å²) in [5, 5.41) is 0.